The molecule has 7 heteroatoms. The molecule has 2 nitrogen and oxygen atoms in total. The third-order valence-corrected chi connectivity index (χ3v) is 3.04. The van der Waals surface area contributed by atoms with Crippen LogP contribution >= 0.6 is 27.7 Å². The molecular weight excluding hydrogens is 345 g/mol. The van der Waals surface area contributed by atoms with E-state index in [1.54, 1.807) is 18.2 Å². The second kappa shape index (κ2) is 7.00. The number of thioether (sulfide) groups is 1. The van der Waals surface area contributed by atoms with Gasteiger partial charge in [-0.05, 0) is 23.8 Å². The summed E-state index contributed by atoms with van der Waals surface area (Å²) in [6, 6.07) is 4.15. The number of halogens is 4. The molecule has 104 valence electrons. The van der Waals surface area contributed by atoms with E-state index in [1.807, 2.05) is 0 Å². The maximum atomic E-state index is 12.1. The molecule has 0 aliphatic rings. The summed E-state index contributed by atoms with van der Waals surface area (Å²) in [5.41, 5.74) is 0.553. The van der Waals surface area contributed by atoms with Crippen LogP contribution < -0.4 is 4.74 Å². The lowest BCUT2D eigenvalue weighted by molar-refractivity contribution is -0.274. The molecule has 19 heavy (non-hydrogen) atoms. The summed E-state index contributed by atoms with van der Waals surface area (Å²) in [6.07, 6.45) is -1.39. The smallest absolute Gasteiger partial charge is 0.406 e. The molecular formula is C12H10BrF3O2S. The predicted molar refractivity (Wildman–Crippen MR) is 73.0 cm³/mol. The first kappa shape index (κ1) is 16.1. The summed E-state index contributed by atoms with van der Waals surface area (Å²) in [5.74, 6) is 0.179. The van der Waals surface area contributed by atoms with Gasteiger partial charge in [0.25, 0.3) is 0 Å². The predicted octanol–water partition coefficient (Wildman–Crippen LogP) is 4.64. The van der Waals surface area contributed by atoms with Crippen molar-refractivity contribution in [3.63, 3.8) is 0 Å². The van der Waals surface area contributed by atoms with Gasteiger partial charge in [0.05, 0.1) is 0 Å². The first-order valence-electron chi connectivity index (χ1n) is 5.12. The number of alkyl halides is 3. The third-order valence-electron chi connectivity index (χ3n) is 1.82. The van der Waals surface area contributed by atoms with Gasteiger partial charge in [-0.15, -0.1) is 13.2 Å². The van der Waals surface area contributed by atoms with E-state index in [1.165, 1.54) is 19.1 Å². The lowest BCUT2D eigenvalue weighted by Crippen LogP contribution is -2.17. The topological polar surface area (TPSA) is 26.3 Å². The van der Waals surface area contributed by atoms with Crippen LogP contribution in [0.25, 0.3) is 6.08 Å². The van der Waals surface area contributed by atoms with E-state index in [0.717, 1.165) is 11.8 Å². The van der Waals surface area contributed by atoms with Gasteiger partial charge in [0.15, 0.2) is 5.12 Å². The Kier molecular flexibility index (Phi) is 5.93. The molecule has 0 radical (unpaired) electrons. The summed E-state index contributed by atoms with van der Waals surface area (Å²) < 4.78 is 40.6. The maximum absolute atomic E-state index is 12.1. The summed E-state index contributed by atoms with van der Waals surface area (Å²) >= 11 is 4.23. The van der Waals surface area contributed by atoms with E-state index in [0.29, 0.717) is 15.8 Å². The van der Waals surface area contributed by atoms with Gasteiger partial charge in [0, 0.05) is 17.1 Å². The van der Waals surface area contributed by atoms with E-state index in [4.69, 9.17) is 0 Å². The fraction of sp³-hybridized carbons (Fsp3) is 0.250. The minimum absolute atomic E-state index is 0.0139. The standard InChI is InChI=1S/C12H10BrF3O2S/c1-8(17)19-4-2-3-9-5-10(13)7-11(6-9)18-12(14,15)16/h2-3,5-7H,4H2,1H3. The number of benzene rings is 1. The van der Waals surface area contributed by atoms with Crippen molar-refractivity contribution in [1.82, 2.24) is 0 Å². The Balaban J connectivity index is 2.76. The number of carbonyl (C=O) groups excluding carboxylic acids is 1. The van der Waals surface area contributed by atoms with Gasteiger partial charge in [-0.1, -0.05) is 39.8 Å². The van der Waals surface area contributed by atoms with Crippen molar-refractivity contribution in [3.8, 4) is 5.75 Å². The van der Waals surface area contributed by atoms with E-state index in [9.17, 15) is 18.0 Å². The zero-order valence-electron chi connectivity index (χ0n) is 9.83. The molecule has 0 amide bonds. The number of rotatable bonds is 4. The summed E-state index contributed by atoms with van der Waals surface area (Å²) in [4.78, 5) is 10.7. The summed E-state index contributed by atoms with van der Waals surface area (Å²) in [7, 11) is 0. The van der Waals surface area contributed by atoms with Crippen LogP contribution in [-0.2, 0) is 4.79 Å². The van der Waals surface area contributed by atoms with Crippen molar-refractivity contribution in [2.75, 3.05) is 5.75 Å². The Hall–Kier alpha value is -0.950. The Labute approximate surface area is 121 Å². The van der Waals surface area contributed by atoms with Gasteiger partial charge in [0.2, 0.25) is 0 Å². The van der Waals surface area contributed by atoms with Gasteiger partial charge in [-0.2, -0.15) is 0 Å². The largest absolute Gasteiger partial charge is 0.573 e. The molecule has 0 spiro atoms. The maximum Gasteiger partial charge on any atom is 0.573 e. The number of carbonyl (C=O) groups is 1. The highest BCUT2D eigenvalue weighted by Crippen LogP contribution is 2.27. The SMILES string of the molecule is CC(=O)SCC=Cc1cc(Br)cc(OC(F)(F)F)c1. The van der Waals surface area contributed by atoms with Gasteiger partial charge in [-0.25, -0.2) is 0 Å². The van der Waals surface area contributed by atoms with Gasteiger partial charge < -0.3 is 4.74 Å². The molecule has 0 aliphatic heterocycles. The molecule has 0 atom stereocenters. The van der Waals surface area contributed by atoms with E-state index >= 15 is 0 Å². The first-order chi connectivity index (χ1) is 8.76. The number of ether oxygens (including phenoxy) is 1. The fourth-order valence-corrected chi connectivity index (χ4v) is 2.14. The van der Waals surface area contributed by atoms with Crippen molar-refractivity contribution >= 4 is 38.9 Å². The molecule has 0 N–H and O–H groups in total. The Bertz CT molecular complexity index is 486. The van der Waals surface area contributed by atoms with E-state index in [2.05, 4.69) is 20.7 Å². The molecule has 0 saturated carbocycles. The minimum Gasteiger partial charge on any atom is -0.406 e. The lowest BCUT2D eigenvalue weighted by Gasteiger charge is -2.09. The molecule has 1 aromatic rings. The van der Waals surface area contributed by atoms with E-state index < -0.39 is 6.36 Å². The Morgan fingerprint density at radius 1 is 1.42 bits per heavy atom. The van der Waals surface area contributed by atoms with Crippen molar-refractivity contribution < 1.29 is 22.7 Å². The molecule has 0 heterocycles. The molecule has 0 saturated heterocycles. The summed E-state index contributed by atoms with van der Waals surface area (Å²) in [6.45, 7) is 1.45. The zero-order chi connectivity index (χ0) is 14.5. The van der Waals surface area contributed by atoms with Crippen LogP contribution in [0.2, 0.25) is 0 Å². The highest BCUT2D eigenvalue weighted by Gasteiger charge is 2.31. The van der Waals surface area contributed by atoms with Gasteiger partial charge >= 0.3 is 6.36 Å². The first-order valence-corrected chi connectivity index (χ1v) is 6.90. The number of hydrogen-bond donors (Lipinski definition) is 0. The van der Waals surface area contributed by atoms with Crippen molar-refractivity contribution in [2.24, 2.45) is 0 Å². The van der Waals surface area contributed by atoms with Crippen LogP contribution in [0, 0.1) is 0 Å². The van der Waals surface area contributed by atoms with Crippen LogP contribution in [0.1, 0.15) is 12.5 Å². The van der Waals surface area contributed by atoms with Crippen molar-refractivity contribution in [1.29, 1.82) is 0 Å². The Morgan fingerprint density at radius 2 is 2.11 bits per heavy atom. The zero-order valence-corrected chi connectivity index (χ0v) is 12.2. The van der Waals surface area contributed by atoms with Crippen LogP contribution in [0.15, 0.2) is 28.7 Å². The normalized spacial score (nSPS) is 11.8. The quantitative estimate of drug-likeness (QED) is 0.787. The lowest BCUT2D eigenvalue weighted by atomic mass is 10.2. The minimum atomic E-state index is -4.72. The van der Waals surface area contributed by atoms with E-state index in [-0.39, 0.29) is 10.9 Å². The molecule has 0 unspecified atom stereocenters. The summed E-state index contributed by atoms with van der Waals surface area (Å²) in [5, 5.41) is -0.0139. The molecule has 0 fully saturated rings. The average Bonchev–Trinajstić information content (AvgIpc) is 2.20. The highest BCUT2D eigenvalue weighted by molar-refractivity contribution is 9.10. The Morgan fingerprint density at radius 3 is 2.68 bits per heavy atom. The molecule has 1 aromatic carbocycles. The molecule has 1 rings (SSSR count). The van der Waals surface area contributed by atoms with Crippen LogP contribution in [0.5, 0.6) is 5.75 Å². The van der Waals surface area contributed by atoms with Crippen molar-refractivity contribution in [3.05, 3.63) is 34.3 Å². The molecule has 0 bridgehead atoms. The average molecular weight is 355 g/mol. The molecule has 0 aromatic heterocycles. The monoisotopic (exact) mass is 354 g/mol. The fourth-order valence-electron chi connectivity index (χ4n) is 1.22. The third kappa shape index (κ3) is 7.27. The highest BCUT2D eigenvalue weighted by atomic mass is 79.9. The van der Waals surface area contributed by atoms with Gasteiger partial charge in [-0.3, -0.25) is 4.79 Å². The second-order valence-corrected chi connectivity index (χ2v) is 5.59. The van der Waals surface area contributed by atoms with Crippen LogP contribution in [-0.4, -0.2) is 17.2 Å². The van der Waals surface area contributed by atoms with Gasteiger partial charge in [0.1, 0.15) is 5.75 Å². The van der Waals surface area contributed by atoms with Crippen LogP contribution in [0.4, 0.5) is 13.2 Å². The second-order valence-electron chi connectivity index (χ2n) is 3.47. The molecule has 0 aliphatic carbocycles. The van der Waals surface area contributed by atoms with Crippen LogP contribution in [0.3, 0.4) is 0 Å². The number of hydrogen-bond acceptors (Lipinski definition) is 3. The van der Waals surface area contributed by atoms with Crippen molar-refractivity contribution in [2.45, 2.75) is 13.3 Å².